The number of hydrogen-bond donors (Lipinski definition) is 2. The minimum atomic E-state index is -0.263. The van der Waals surface area contributed by atoms with Crippen molar-refractivity contribution in [2.24, 2.45) is 0 Å². The van der Waals surface area contributed by atoms with Crippen LogP contribution in [0, 0.1) is 0 Å². The number of carbonyl (C=O) groups excluding carboxylic acids is 2. The molecule has 0 spiro atoms. The van der Waals surface area contributed by atoms with Gasteiger partial charge in [0.25, 0.3) is 11.8 Å². The monoisotopic (exact) mass is 394 g/mol. The van der Waals surface area contributed by atoms with Gasteiger partial charge in [0, 0.05) is 12.1 Å². The van der Waals surface area contributed by atoms with E-state index in [1.54, 1.807) is 30.3 Å². The third kappa shape index (κ3) is 4.98. The Morgan fingerprint density at radius 3 is 2.46 bits per heavy atom. The molecule has 0 aliphatic rings. The summed E-state index contributed by atoms with van der Waals surface area (Å²) in [6.45, 7) is 4.25. The molecule has 2 amide bonds. The third-order valence-corrected chi connectivity index (χ3v) is 4.81. The molecule has 0 aliphatic heterocycles. The highest BCUT2D eigenvalue weighted by Crippen LogP contribution is 2.21. The zero-order valence-electron chi connectivity index (χ0n) is 15.8. The molecule has 6 heteroatoms. The van der Waals surface area contributed by atoms with E-state index in [4.69, 9.17) is 4.74 Å². The molecule has 0 fully saturated rings. The quantitative estimate of drug-likeness (QED) is 0.609. The van der Waals surface area contributed by atoms with Crippen molar-refractivity contribution in [2.75, 3.05) is 5.32 Å². The first kappa shape index (κ1) is 19.6. The second kappa shape index (κ2) is 9.19. The molecule has 0 atom stereocenters. The second-order valence-corrected chi connectivity index (χ2v) is 7.38. The molecule has 0 saturated carbocycles. The van der Waals surface area contributed by atoms with E-state index in [0.717, 1.165) is 11.3 Å². The van der Waals surface area contributed by atoms with Crippen molar-refractivity contribution >= 4 is 28.8 Å². The van der Waals surface area contributed by atoms with Crippen molar-refractivity contribution in [3.05, 3.63) is 82.0 Å². The molecule has 2 aromatic carbocycles. The molecule has 28 heavy (non-hydrogen) atoms. The number of benzene rings is 2. The van der Waals surface area contributed by atoms with Crippen LogP contribution in [0.2, 0.25) is 0 Å². The standard InChI is InChI=1S/C22H22N2O3S/c1-15(2)27-19-11-6-3-8-16(19)14-23-21(25)17-9-4-5-10-18(17)24-22(26)20-12-7-13-28-20/h3-13,15H,14H2,1-2H3,(H,23,25)(H,24,26). The molecule has 0 bridgehead atoms. The number of anilines is 1. The van der Waals surface area contributed by atoms with Gasteiger partial charge in [0.2, 0.25) is 0 Å². The van der Waals surface area contributed by atoms with Gasteiger partial charge < -0.3 is 15.4 Å². The second-order valence-electron chi connectivity index (χ2n) is 6.43. The molecule has 5 nitrogen and oxygen atoms in total. The van der Waals surface area contributed by atoms with E-state index in [0.29, 0.717) is 22.7 Å². The number of carbonyl (C=O) groups is 2. The molecule has 3 rings (SSSR count). The Kier molecular flexibility index (Phi) is 6.45. The van der Waals surface area contributed by atoms with Crippen LogP contribution in [0.3, 0.4) is 0 Å². The Hall–Kier alpha value is -3.12. The maximum atomic E-state index is 12.7. The lowest BCUT2D eigenvalue weighted by molar-refractivity contribution is 0.0951. The summed E-state index contributed by atoms with van der Waals surface area (Å²) < 4.78 is 5.79. The van der Waals surface area contributed by atoms with Gasteiger partial charge in [0.1, 0.15) is 5.75 Å². The minimum Gasteiger partial charge on any atom is -0.491 e. The molecular formula is C22H22N2O3S. The van der Waals surface area contributed by atoms with E-state index in [1.165, 1.54) is 11.3 Å². The summed E-state index contributed by atoms with van der Waals surface area (Å²) in [5.74, 6) is 0.254. The van der Waals surface area contributed by atoms with Crippen LogP contribution in [-0.2, 0) is 6.54 Å². The molecule has 2 N–H and O–H groups in total. The zero-order chi connectivity index (χ0) is 19.9. The SMILES string of the molecule is CC(C)Oc1ccccc1CNC(=O)c1ccccc1NC(=O)c1cccs1. The lowest BCUT2D eigenvalue weighted by Gasteiger charge is -2.15. The smallest absolute Gasteiger partial charge is 0.265 e. The van der Waals surface area contributed by atoms with Crippen molar-refractivity contribution in [1.82, 2.24) is 5.32 Å². The number of hydrogen-bond acceptors (Lipinski definition) is 4. The van der Waals surface area contributed by atoms with Crippen molar-refractivity contribution < 1.29 is 14.3 Å². The van der Waals surface area contributed by atoms with E-state index < -0.39 is 0 Å². The van der Waals surface area contributed by atoms with Crippen LogP contribution < -0.4 is 15.4 Å². The summed E-state index contributed by atoms with van der Waals surface area (Å²) >= 11 is 1.35. The van der Waals surface area contributed by atoms with Crippen molar-refractivity contribution in [3.63, 3.8) is 0 Å². The van der Waals surface area contributed by atoms with E-state index >= 15 is 0 Å². The normalized spacial score (nSPS) is 10.5. The first-order valence-corrected chi connectivity index (χ1v) is 9.89. The molecule has 0 saturated heterocycles. The molecular weight excluding hydrogens is 372 g/mol. The summed E-state index contributed by atoms with van der Waals surface area (Å²) in [6, 6.07) is 18.1. The first-order valence-electron chi connectivity index (χ1n) is 9.01. The van der Waals surface area contributed by atoms with E-state index in [9.17, 15) is 9.59 Å². The van der Waals surface area contributed by atoms with Crippen LogP contribution >= 0.6 is 11.3 Å². The summed E-state index contributed by atoms with van der Waals surface area (Å²) in [4.78, 5) is 25.7. The largest absolute Gasteiger partial charge is 0.491 e. The summed E-state index contributed by atoms with van der Waals surface area (Å²) in [5.41, 5.74) is 1.78. The number of rotatable bonds is 7. The fourth-order valence-electron chi connectivity index (χ4n) is 2.67. The Morgan fingerprint density at radius 2 is 1.71 bits per heavy atom. The van der Waals surface area contributed by atoms with Gasteiger partial charge in [0.05, 0.1) is 22.2 Å². The zero-order valence-corrected chi connectivity index (χ0v) is 16.6. The Labute approximate surface area is 168 Å². The molecule has 1 heterocycles. The van der Waals surface area contributed by atoms with Gasteiger partial charge >= 0.3 is 0 Å². The Balaban J connectivity index is 1.71. The van der Waals surface area contributed by atoms with Gasteiger partial charge in [0.15, 0.2) is 0 Å². The predicted molar refractivity (Wildman–Crippen MR) is 112 cm³/mol. The van der Waals surface area contributed by atoms with Gasteiger partial charge in [-0.2, -0.15) is 0 Å². The maximum Gasteiger partial charge on any atom is 0.265 e. The van der Waals surface area contributed by atoms with Crippen LogP contribution in [0.1, 0.15) is 39.4 Å². The first-order chi connectivity index (χ1) is 13.5. The lowest BCUT2D eigenvalue weighted by Crippen LogP contribution is -2.25. The Bertz CT molecular complexity index is 952. The number of ether oxygens (including phenoxy) is 1. The average molecular weight is 394 g/mol. The molecule has 0 aliphatic carbocycles. The predicted octanol–water partition coefficient (Wildman–Crippen LogP) is 4.72. The van der Waals surface area contributed by atoms with Gasteiger partial charge in [-0.05, 0) is 43.5 Å². The van der Waals surface area contributed by atoms with Gasteiger partial charge in [-0.3, -0.25) is 9.59 Å². The topological polar surface area (TPSA) is 67.4 Å². The van der Waals surface area contributed by atoms with E-state index in [2.05, 4.69) is 10.6 Å². The molecule has 0 unspecified atom stereocenters. The average Bonchev–Trinajstić information content (AvgIpc) is 3.22. The molecule has 3 aromatic rings. The number of nitrogens with one attached hydrogen (secondary N) is 2. The van der Waals surface area contributed by atoms with Crippen LogP contribution in [0.4, 0.5) is 5.69 Å². The number of thiophene rings is 1. The van der Waals surface area contributed by atoms with Crippen molar-refractivity contribution in [3.8, 4) is 5.75 Å². The highest BCUT2D eigenvalue weighted by molar-refractivity contribution is 7.12. The summed E-state index contributed by atoms with van der Waals surface area (Å²) in [6.07, 6.45) is 0.0463. The van der Waals surface area contributed by atoms with Crippen LogP contribution in [-0.4, -0.2) is 17.9 Å². The van der Waals surface area contributed by atoms with Crippen molar-refractivity contribution in [1.29, 1.82) is 0 Å². The summed E-state index contributed by atoms with van der Waals surface area (Å²) in [5, 5.41) is 7.56. The van der Waals surface area contributed by atoms with Crippen LogP contribution in [0.15, 0.2) is 66.0 Å². The highest BCUT2D eigenvalue weighted by Gasteiger charge is 2.15. The summed E-state index contributed by atoms with van der Waals surface area (Å²) in [7, 11) is 0. The van der Waals surface area contributed by atoms with E-state index in [1.807, 2.05) is 49.6 Å². The fourth-order valence-corrected chi connectivity index (χ4v) is 3.29. The highest BCUT2D eigenvalue weighted by atomic mass is 32.1. The minimum absolute atomic E-state index is 0.0463. The lowest BCUT2D eigenvalue weighted by atomic mass is 10.1. The van der Waals surface area contributed by atoms with Gasteiger partial charge in [-0.15, -0.1) is 11.3 Å². The van der Waals surface area contributed by atoms with Crippen molar-refractivity contribution in [2.45, 2.75) is 26.5 Å². The fraction of sp³-hybridized carbons (Fsp3) is 0.182. The number of amides is 2. The Morgan fingerprint density at radius 1 is 0.964 bits per heavy atom. The van der Waals surface area contributed by atoms with Gasteiger partial charge in [-0.1, -0.05) is 36.4 Å². The van der Waals surface area contributed by atoms with E-state index in [-0.39, 0.29) is 17.9 Å². The molecule has 144 valence electrons. The maximum absolute atomic E-state index is 12.7. The molecule has 1 aromatic heterocycles. The van der Waals surface area contributed by atoms with Gasteiger partial charge in [-0.25, -0.2) is 0 Å². The molecule has 0 radical (unpaired) electrons. The van der Waals surface area contributed by atoms with Crippen LogP contribution in [0.25, 0.3) is 0 Å². The number of para-hydroxylation sites is 2. The third-order valence-electron chi connectivity index (χ3n) is 3.94. The van der Waals surface area contributed by atoms with Crippen LogP contribution in [0.5, 0.6) is 5.75 Å².